The highest BCUT2D eigenvalue weighted by molar-refractivity contribution is 5.69. The van der Waals surface area contributed by atoms with Crippen molar-refractivity contribution in [1.29, 1.82) is 0 Å². The van der Waals surface area contributed by atoms with E-state index in [-0.39, 0.29) is 38.0 Å². The minimum atomic E-state index is -0.414. The maximum atomic E-state index is 11.9. The lowest BCUT2D eigenvalue weighted by atomic mass is 10.3. The Kier molecular flexibility index (Phi) is 19.7. The molecule has 0 aliphatic carbocycles. The Labute approximate surface area is 186 Å². The molecule has 0 saturated carbocycles. The van der Waals surface area contributed by atoms with Crippen LogP contribution in [0.15, 0.2) is 0 Å². The molecule has 0 rings (SSSR count). The fourth-order valence-electron chi connectivity index (χ4n) is 2.77. The molecule has 0 radical (unpaired) electrons. The van der Waals surface area contributed by atoms with E-state index in [0.717, 1.165) is 19.4 Å². The third-order valence-electron chi connectivity index (χ3n) is 4.63. The summed E-state index contributed by atoms with van der Waals surface area (Å²) in [5.41, 5.74) is 0. The lowest BCUT2D eigenvalue weighted by Gasteiger charge is -2.22. The molecule has 0 aliphatic rings. The standard InChI is InChI=1S/C21H41NO9/c1-25-15-7-6-12-22(13-16-30-18(23)8-10-20(26-2)27-3)14-17-31-19(24)9-11-21(28-4)29-5/h20-21H,6-17H2,1-5H3. The predicted octanol–water partition coefficient (Wildman–Crippen LogP) is 1.60. The predicted molar refractivity (Wildman–Crippen MR) is 114 cm³/mol. The molecule has 0 amide bonds. The van der Waals surface area contributed by atoms with Crippen LogP contribution in [0.25, 0.3) is 0 Å². The Hall–Kier alpha value is -1.30. The first-order chi connectivity index (χ1) is 15.0. The van der Waals surface area contributed by atoms with Gasteiger partial charge in [0.1, 0.15) is 13.2 Å². The first-order valence-electron chi connectivity index (χ1n) is 10.6. The summed E-state index contributed by atoms with van der Waals surface area (Å²) >= 11 is 0. The highest BCUT2D eigenvalue weighted by Gasteiger charge is 2.13. The maximum absolute atomic E-state index is 11.9. The molecule has 10 nitrogen and oxygen atoms in total. The number of nitrogens with zero attached hydrogens (tertiary/aromatic N) is 1. The molecule has 0 aliphatic heterocycles. The number of carbonyl (C=O) groups is 2. The third kappa shape index (κ3) is 17.0. The molecule has 0 aromatic carbocycles. The molecular weight excluding hydrogens is 410 g/mol. The number of carbonyl (C=O) groups excluding carboxylic acids is 2. The molecule has 0 aromatic rings. The molecule has 0 bridgehead atoms. The molecule has 31 heavy (non-hydrogen) atoms. The van der Waals surface area contributed by atoms with E-state index < -0.39 is 12.6 Å². The number of unbranched alkanes of at least 4 members (excludes halogenated alkanes) is 1. The van der Waals surface area contributed by atoms with Gasteiger partial charge in [0.15, 0.2) is 12.6 Å². The van der Waals surface area contributed by atoms with E-state index in [0.29, 0.717) is 32.5 Å². The van der Waals surface area contributed by atoms with E-state index in [9.17, 15) is 9.59 Å². The first kappa shape index (κ1) is 29.7. The fraction of sp³-hybridized carbons (Fsp3) is 0.905. The Balaban J connectivity index is 4.24. The van der Waals surface area contributed by atoms with Crippen LogP contribution in [0.2, 0.25) is 0 Å². The van der Waals surface area contributed by atoms with Gasteiger partial charge in [-0.25, -0.2) is 0 Å². The summed E-state index contributed by atoms with van der Waals surface area (Å²) in [6.45, 7) is 3.14. The van der Waals surface area contributed by atoms with Gasteiger partial charge in [-0.05, 0) is 19.4 Å². The van der Waals surface area contributed by atoms with Gasteiger partial charge in [-0.3, -0.25) is 14.5 Å². The average Bonchev–Trinajstić information content (AvgIpc) is 2.77. The zero-order chi connectivity index (χ0) is 23.3. The molecule has 0 fully saturated rings. The Morgan fingerprint density at radius 3 is 1.48 bits per heavy atom. The second-order valence-corrected chi connectivity index (χ2v) is 6.86. The number of esters is 2. The van der Waals surface area contributed by atoms with Gasteiger partial charge in [-0.1, -0.05) is 0 Å². The highest BCUT2D eigenvalue weighted by atomic mass is 16.7. The van der Waals surface area contributed by atoms with Gasteiger partial charge in [-0.15, -0.1) is 0 Å². The van der Waals surface area contributed by atoms with Crippen molar-refractivity contribution in [2.24, 2.45) is 0 Å². The SMILES string of the molecule is COCCCCN(CCOC(=O)CCC(OC)OC)CCOC(=O)CCC(OC)OC. The van der Waals surface area contributed by atoms with Crippen molar-refractivity contribution in [3.8, 4) is 0 Å². The summed E-state index contributed by atoms with van der Waals surface area (Å²) in [4.78, 5) is 25.9. The summed E-state index contributed by atoms with van der Waals surface area (Å²) < 4.78 is 35.9. The molecule has 184 valence electrons. The average molecular weight is 452 g/mol. The van der Waals surface area contributed by atoms with E-state index in [2.05, 4.69) is 4.90 Å². The molecule has 0 N–H and O–H groups in total. The minimum absolute atomic E-state index is 0.224. The van der Waals surface area contributed by atoms with Crippen molar-refractivity contribution in [2.45, 2.75) is 51.1 Å². The second kappa shape index (κ2) is 20.6. The topological polar surface area (TPSA) is 102 Å². The first-order valence-corrected chi connectivity index (χ1v) is 10.6. The van der Waals surface area contributed by atoms with E-state index in [4.69, 9.17) is 33.2 Å². The van der Waals surface area contributed by atoms with Gasteiger partial charge in [-0.2, -0.15) is 0 Å². The van der Waals surface area contributed by atoms with Crippen LogP contribution in [-0.2, 0) is 42.7 Å². The van der Waals surface area contributed by atoms with Crippen molar-refractivity contribution in [2.75, 3.05) is 75.0 Å². The summed E-state index contributed by atoms with van der Waals surface area (Å²) in [5, 5.41) is 0. The molecule has 0 heterocycles. The molecular formula is C21H41NO9. The Bertz CT molecular complexity index is 409. The molecule has 10 heteroatoms. The fourth-order valence-corrected chi connectivity index (χ4v) is 2.77. The van der Waals surface area contributed by atoms with Crippen LogP contribution in [0.3, 0.4) is 0 Å². The van der Waals surface area contributed by atoms with Crippen LogP contribution in [0.1, 0.15) is 38.5 Å². The number of rotatable bonds is 21. The Morgan fingerprint density at radius 2 is 1.10 bits per heavy atom. The molecule has 0 saturated heterocycles. The zero-order valence-electron chi connectivity index (χ0n) is 19.8. The third-order valence-corrected chi connectivity index (χ3v) is 4.63. The van der Waals surface area contributed by atoms with Gasteiger partial charge in [0.05, 0.1) is 12.8 Å². The van der Waals surface area contributed by atoms with Crippen LogP contribution in [-0.4, -0.2) is 104 Å². The van der Waals surface area contributed by atoms with Crippen molar-refractivity contribution < 1.29 is 42.7 Å². The van der Waals surface area contributed by atoms with Crippen LogP contribution in [0.5, 0.6) is 0 Å². The molecule has 0 atom stereocenters. The van der Waals surface area contributed by atoms with E-state index in [1.807, 2.05) is 0 Å². The summed E-state index contributed by atoms with van der Waals surface area (Å²) in [5.74, 6) is -0.591. The molecule has 0 unspecified atom stereocenters. The van der Waals surface area contributed by atoms with Gasteiger partial charge in [0.2, 0.25) is 0 Å². The van der Waals surface area contributed by atoms with Gasteiger partial charge in [0, 0.05) is 68.1 Å². The number of ether oxygens (including phenoxy) is 7. The van der Waals surface area contributed by atoms with Crippen molar-refractivity contribution in [3.05, 3.63) is 0 Å². The zero-order valence-corrected chi connectivity index (χ0v) is 19.8. The summed E-state index contributed by atoms with van der Waals surface area (Å²) in [6.07, 6.45) is 2.36. The van der Waals surface area contributed by atoms with Crippen molar-refractivity contribution in [1.82, 2.24) is 4.90 Å². The summed E-state index contributed by atoms with van der Waals surface area (Å²) in [7, 11) is 7.79. The number of hydrogen-bond donors (Lipinski definition) is 0. The van der Waals surface area contributed by atoms with Crippen LogP contribution in [0.4, 0.5) is 0 Å². The van der Waals surface area contributed by atoms with E-state index >= 15 is 0 Å². The van der Waals surface area contributed by atoms with Crippen molar-refractivity contribution >= 4 is 11.9 Å². The van der Waals surface area contributed by atoms with Gasteiger partial charge >= 0.3 is 11.9 Å². The Morgan fingerprint density at radius 1 is 0.645 bits per heavy atom. The van der Waals surface area contributed by atoms with Crippen LogP contribution in [0, 0.1) is 0 Å². The van der Waals surface area contributed by atoms with Crippen LogP contribution >= 0.6 is 0 Å². The maximum Gasteiger partial charge on any atom is 0.306 e. The smallest absolute Gasteiger partial charge is 0.306 e. The minimum Gasteiger partial charge on any atom is -0.464 e. The largest absolute Gasteiger partial charge is 0.464 e. The van der Waals surface area contributed by atoms with E-state index in [1.54, 1.807) is 7.11 Å². The van der Waals surface area contributed by atoms with Crippen molar-refractivity contribution in [3.63, 3.8) is 0 Å². The number of methoxy groups -OCH3 is 5. The summed E-state index contributed by atoms with van der Waals surface area (Å²) in [6, 6.07) is 0. The molecule has 0 aromatic heterocycles. The van der Waals surface area contributed by atoms with Crippen LogP contribution < -0.4 is 0 Å². The quantitative estimate of drug-likeness (QED) is 0.145. The van der Waals surface area contributed by atoms with Gasteiger partial charge < -0.3 is 33.2 Å². The normalized spacial score (nSPS) is 11.5. The lowest BCUT2D eigenvalue weighted by Crippen LogP contribution is -2.33. The monoisotopic (exact) mass is 451 g/mol. The van der Waals surface area contributed by atoms with Gasteiger partial charge in [0.25, 0.3) is 0 Å². The molecule has 0 spiro atoms. The number of hydrogen-bond acceptors (Lipinski definition) is 10. The highest BCUT2D eigenvalue weighted by Crippen LogP contribution is 2.05. The lowest BCUT2D eigenvalue weighted by molar-refractivity contribution is -0.149. The second-order valence-electron chi connectivity index (χ2n) is 6.86. The van der Waals surface area contributed by atoms with E-state index in [1.165, 1.54) is 28.4 Å².